The van der Waals surface area contributed by atoms with Crippen molar-refractivity contribution in [1.82, 2.24) is 14.7 Å². The molecular weight excluding hydrogens is 454 g/mol. The van der Waals surface area contributed by atoms with Gasteiger partial charge in [0.25, 0.3) is 0 Å². The molecule has 0 spiro atoms. The van der Waals surface area contributed by atoms with Gasteiger partial charge in [-0.2, -0.15) is 0 Å². The van der Waals surface area contributed by atoms with Crippen molar-refractivity contribution in [3.05, 3.63) is 108 Å². The SMILES string of the molecule is CN(CCc1ccccc1)C(=O)C1CCN(CC2CN(Cc3ccccc3)CC2c2ccccc2)CC1. The predicted octanol–water partition coefficient (Wildman–Crippen LogP) is 5.32. The maximum absolute atomic E-state index is 13.1. The summed E-state index contributed by atoms with van der Waals surface area (Å²) in [6.07, 6.45) is 2.87. The summed E-state index contributed by atoms with van der Waals surface area (Å²) in [4.78, 5) is 20.3. The second kappa shape index (κ2) is 12.5. The number of hydrogen-bond donors (Lipinski definition) is 0. The Morgan fingerprint density at radius 1 is 0.784 bits per heavy atom. The summed E-state index contributed by atoms with van der Waals surface area (Å²) < 4.78 is 0. The van der Waals surface area contributed by atoms with E-state index in [9.17, 15) is 4.79 Å². The lowest BCUT2D eigenvalue weighted by Crippen LogP contribution is -2.43. The third-order valence-electron chi connectivity index (χ3n) is 8.38. The van der Waals surface area contributed by atoms with Gasteiger partial charge in [0, 0.05) is 51.6 Å². The van der Waals surface area contributed by atoms with Gasteiger partial charge in [-0.05, 0) is 55.0 Å². The van der Waals surface area contributed by atoms with Gasteiger partial charge in [0.1, 0.15) is 0 Å². The van der Waals surface area contributed by atoms with Gasteiger partial charge in [-0.3, -0.25) is 9.69 Å². The number of carbonyl (C=O) groups excluding carboxylic acids is 1. The predicted molar refractivity (Wildman–Crippen MR) is 151 cm³/mol. The Morgan fingerprint density at radius 3 is 2.03 bits per heavy atom. The van der Waals surface area contributed by atoms with Crippen molar-refractivity contribution in [2.45, 2.75) is 31.7 Å². The molecule has 2 heterocycles. The van der Waals surface area contributed by atoms with Crippen LogP contribution < -0.4 is 0 Å². The molecule has 0 aromatic heterocycles. The van der Waals surface area contributed by atoms with Gasteiger partial charge < -0.3 is 9.80 Å². The number of benzene rings is 3. The molecule has 3 aromatic carbocycles. The zero-order valence-corrected chi connectivity index (χ0v) is 22.2. The molecule has 0 N–H and O–H groups in total. The molecule has 2 saturated heterocycles. The van der Waals surface area contributed by atoms with E-state index in [2.05, 4.69) is 94.7 Å². The van der Waals surface area contributed by atoms with Crippen LogP contribution in [0.5, 0.6) is 0 Å². The van der Waals surface area contributed by atoms with Crippen molar-refractivity contribution in [2.24, 2.45) is 11.8 Å². The van der Waals surface area contributed by atoms with Gasteiger partial charge in [0.05, 0.1) is 0 Å². The molecule has 2 fully saturated rings. The van der Waals surface area contributed by atoms with E-state index in [1.165, 1.54) is 16.7 Å². The third kappa shape index (κ3) is 6.88. The molecule has 5 rings (SSSR count). The van der Waals surface area contributed by atoms with Gasteiger partial charge in [-0.15, -0.1) is 0 Å². The monoisotopic (exact) mass is 495 g/mol. The van der Waals surface area contributed by atoms with Crippen LogP contribution in [-0.2, 0) is 17.8 Å². The normalized spacial score (nSPS) is 21.2. The second-order valence-electron chi connectivity index (χ2n) is 11.0. The molecular formula is C33H41N3O. The highest BCUT2D eigenvalue weighted by molar-refractivity contribution is 5.78. The smallest absolute Gasteiger partial charge is 0.225 e. The van der Waals surface area contributed by atoms with E-state index in [1.807, 2.05) is 18.0 Å². The van der Waals surface area contributed by atoms with E-state index in [4.69, 9.17) is 0 Å². The average molecular weight is 496 g/mol. The summed E-state index contributed by atoms with van der Waals surface area (Å²) >= 11 is 0. The highest BCUT2D eigenvalue weighted by Crippen LogP contribution is 2.35. The molecule has 3 aromatic rings. The first-order valence-corrected chi connectivity index (χ1v) is 14.0. The van der Waals surface area contributed by atoms with Gasteiger partial charge in [0.2, 0.25) is 5.91 Å². The summed E-state index contributed by atoms with van der Waals surface area (Å²) in [5, 5.41) is 0. The lowest BCUT2D eigenvalue weighted by molar-refractivity contribution is -0.135. The lowest BCUT2D eigenvalue weighted by Gasteiger charge is -2.35. The lowest BCUT2D eigenvalue weighted by atomic mass is 9.87. The van der Waals surface area contributed by atoms with Gasteiger partial charge >= 0.3 is 0 Å². The molecule has 2 atom stereocenters. The van der Waals surface area contributed by atoms with Crippen LogP contribution in [0.1, 0.15) is 35.4 Å². The first-order chi connectivity index (χ1) is 18.2. The van der Waals surface area contributed by atoms with Gasteiger partial charge in [-0.1, -0.05) is 91.0 Å². The molecule has 1 amide bonds. The fourth-order valence-electron chi connectivity index (χ4n) is 6.25. The van der Waals surface area contributed by atoms with Crippen LogP contribution in [0.25, 0.3) is 0 Å². The van der Waals surface area contributed by atoms with Crippen LogP contribution in [0.2, 0.25) is 0 Å². The number of amides is 1. The van der Waals surface area contributed by atoms with E-state index < -0.39 is 0 Å². The molecule has 0 aliphatic carbocycles. The van der Waals surface area contributed by atoms with E-state index in [1.54, 1.807) is 0 Å². The molecule has 0 radical (unpaired) electrons. The van der Waals surface area contributed by atoms with Crippen molar-refractivity contribution in [2.75, 3.05) is 46.3 Å². The zero-order chi connectivity index (χ0) is 25.5. The molecule has 37 heavy (non-hydrogen) atoms. The maximum atomic E-state index is 13.1. The topological polar surface area (TPSA) is 26.8 Å². The molecule has 2 unspecified atom stereocenters. The second-order valence-corrected chi connectivity index (χ2v) is 11.0. The number of piperidine rings is 1. The standard InChI is InChI=1S/C33H41N3O/c1-34(20-17-27-11-5-2-6-12-27)33(37)30-18-21-35(22-19-30)24-31-25-36(23-28-13-7-3-8-14-28)26-32(31)29-15-9-4-10-16-29/h2-16,30-32H,17-26H2,1H3. The number of carbonyl (C=O) groups is 1. The maximum Gasteiger partial charge on any atom is 0.225 e. The van der Waals surface area contributed by atoms with E-state index in [0.29, 0.717) is 17.7 Å². The summed E-state index contributed by atoms with van der Waals surface area (Å²) in [5.74, 6) is 1.67. The number of rotatable bonds is 9. The highest BCUT2D eigenvalue weighted by Gasteiger charge is 2.36. The van der Waals surface area contributed by atoms with Crippen molar-refractivity contribution in [3.8, 4) is 0 Å². The van der Waals surface area contributed by atoms with Gasteiger partial charge in [-0.25, -0.2) is 0 Å². The number of nitrogens with zero attached hydrogens (tertiary/aromatic N) is 3. The van der Waals surface area contributed by atoms with Crippen LogP contribution in [-0.4, -0.2) is 66.9 Å². The van der Waals surface area contributed by atoms with Gasteiger partial charge in [0.15, 0.2) is 0 Å². The first-order valence-electron chi connectivity index (χ1n) is 14.0. The van der Waals surface area contributed by atoms with Crippen LogP contribution >= 0.6 is 0 Å². The van der Waals surface area contributed by atoms with E-state index in [-0.39, 0.29) is 5.92 Å². The minimum absolute atomic E-state index is 0.167. The fourth-order valence-corrected chi connectivity index (χ4v) is 6.25. The Morgan fingerprint density at radius 2 is 1.38 bits per heavy atom. The molecule has 2 aliphatic heterocycles. The Labute approximate surface area is 222 Å². The molecule has 4 heteroatoms. The van der Waals surface area contributed by atoms with Crippen molar-refractivity contribution in [3.63, 3.8) is 0 Å². The van der Waals surface area contributed by atoms with Crippen LogP contribution in [0.15, 0.2) is 91.0 Å². The largest absolute Gasteiger partial charge is 0.345 e. The Kier molecular flexibility index (Phi) is 8.70. The third-order valence-corrected chi connectivity index (χ3v) is 8.38. The zero-order valence-electron chi connectivity index (χ0n) is 22.2. The average Bonchev–Trinajstić information content (AvgIpc) is 3.35. The Bertz CT molecular complexity index is 1100. The summed E-state index contributed by atoms with van der Waals surface area (Å²) in [6, 6.07) is 32.4. The van der Waals surface area contributed by atoms with E-state index >= 15 is 0 Å². The number of likely N-dealkylation sites (tertiary alicyclic amines) is 2. The molecule has 2 aliphatic rings. The minimum atomic E-state index is 0.167. The summed E-state index contributed by atoms with van der Waals surface area (Å²) in [5.41, 5.74) is 4.15. The molecule has 0 saturated carbocycles. The van der Waals surface area contributed by atoms with Crippen LogP contribution in [0, 0.1) is 11.8 Å². The van der Waals surface area contributed by atoms with Crippen molar-refractivity contribution in [1.29, 1.82) is 0 Å². The van der Waals surface area contributed by atoms with Crippen molar-refractivity contribution < 1.29 is 4.79 Å². The highest BCUT2D eigenvalue weighted by atomic mass is 16.2. The minimum Gasteiger partial charge on any atom is -0.345 e. The Hall–Kier alpha value is -2.95. The van der Waals surface area contributed by atoms with Crippen molar-refractivity contribution >= 4 is 5.91 Å². The quantitative estimate of drug-likeness (QED) is 0.402. The number of hydrogen-bond acceptors (Lipinski definition) is 3. The Balaban J connectivity index is 1.14. The first kappa shape index (κ1) is 25.7. The summed E-state index contributed by atoms with van der Waals surface area (Å²) in [6.45, 7) is 7.24. The molecule has 0 bridgehead atoms. The summed E-state index contributed by atoms with van der Waals surface area (Å²) in [7, 11) is 1.97. The number of likely N-dealkylation sites (N-methyl/N-ethyl adjacent to an activating group) is 1. The molecule has 194 valence electrons. The fraction of sp³-hybridized carbons (Fsp3) is 0.424. The van der Waals surface area contributed by atoms with E-state index in [0.717, 1.165) is 65.1 Å². The molecule has 4 nitrogen and oxygen atoms in total. The van der Waals surface area contributed by atoms with Crippen LogP contribution in [0.4, 0.5) is 0 Å². The van der Waals surface area contributed by atoms with Crippen LogP contribution in [0.3, 0.4) is 0 Å².